The van der Waals surface area contributed by atoms with Crippen molar-refractivity contribution >= 4 is 12.0 Å². The molecule has 1 saturated carbocycles. The largest absolute Gasteiger partial charge is 0.480 e. The van der Waals surface area contributed by atoms with Crippen molar-refractivity contribution in [3.63, 3.8) is 0 Å². The smallest absolute Gasteiger partial charge is 0.326 e. The van der Waals surface area contributed by atoms with Gasteiger partial charge in [-0.05, 0) is 32.1 Å². The number of hydrogen-bond donors (Lipinski definition) is 3. The number of carboxylic acids is 1. The van der Waals surface area contributed by atoms with Crippen molar-refractivity contribution in [1.82, 2.24) is 10.2 Å². The third kappa shape index (κ3) is 4.97. The van der Waals surface area contributed by atoms with E-state index in [1.165, 1.54) is 4.90 Å². The minimum absolute atomic E-state index is 0.120. The third-order valence-electron chi connectivity index (χ3n) is 3.55. The van der Waals surface area contributed by atoms with Crippen LogP contribution in [0.2, 0.25) is 0 Å². The molecule has 0 radical (unpaired) electrons. The highest BCUT2D eigenvalue weighted by molar-refractivity contribution is 5.82. The summed E-state index contributed by atoms with van der Waals surface area (Å²) in [6.45, 7) is 0.578. The number of aliphatic carboxylic acids is 1. The van der Waals surface area contributed by atoms with E-state index in [9.17, 15) is 9.59 Å². The fourth-order valence-electron chi connectivity index (χ4n) is 2.18. The van der Waals surface area contributed by atoms with Crippen LogP contribution >= 0.6 is 0 Å². The van der Waals surface area contributed by atoms with Gasteiger partial charge in [0.2, 0.25) is 0 Å². The van der Waals surface area contributed by atoms with Gasteiger partial charge in [0.25, 0.3) is 0 Å². The number of aliphatic hydroxyl groups excluding tert-OH is 1. The molecule has 7 heteroatoms. The van der Waals surface area contributed by atoms with Crippen molar-refractivity contribution in [3.8, 4) is 0 Å². The van der Waals surface area contributed by atoms with E-state index >= 15 is 0 Å². The van der Waals surface area contributed by atoms with E-state index in [2.05, 4.69) is 5.32 Å². The van der Waals surface area contributed by atoms with Crippen LogP contribution in [0.4, 0.5) is 4.79 Å². The average molecular weight is 288 g/mol. The van der Waals surface area contributed by atoms with E-state index in [0.717, 1.165) is 19.3 Å². The summed E-state index contributed by atoms with van der Waals surface area (Å²) in [5, 5.41) is 20.7. The second kappa shape index (κ2) is 8.76. The summed E-state index contributed by atoms with van der Waals surface area (Å²) in [4.78, 5) is 24.8. The fourth-order valence-corrected chi connectivity index (χ4v) is 2.18. The molecule has 20 heavy (non-hydrogen) atoms. The predicted octanol–water partition coefficient (Wildman–Crippen LogP) is 0.423. The maximum atomic E-state index is 12.1. The number of carbonyl (C=O) groups excluding carboxylic acids is 1. The number of hydrogen-bond acceptors (Lipinski definition) is 4. The monoisotopic (exact) mass is 288 g/mol. The summed E-state index contributed by atoms with van der Waals surface area (Å²) in [6, 6.07) is -1.21. The maximum absolute atomic E-state index is 12.1. The molecule has 1 aliphatic rings. The Bertz CT molecular complexity index is 320. The molecule has 0 heterocycles. The van der Waals surface area contributed by atoms with E-state index in [4.69, 9.17) is 14.9 Å². The minimum atomic E-state index is -1.05. The SMILES string of the molecule is COCCCC(NC(=O)N(CCO)C1CCC1)C(=O)O. The number of carboxylic acid groups (broad SMARTS) is 1. The molecule has 0 aromatic heterocycles. The van der Waals surface area contributed by atoms with E-state index < -0.39 is 18.0 Å². The molecule has 3 N–H and O–H groups in total. The molecule has 0 aromatic rings. The first kappa shape index (κ1) is 16.7. The van der Waals surface area contributed by atoms with Gasteiger partial charge in [-0.15, -0.1) is 0 Å². The number of methoxy groups -OCH3 is 1. The Balaban J connectivity index is 2.51. The summed E-state index contributed by atoms with van der Waals surface area (Å²) < 4.78 is 4.88. The first-order valence-corrected chi connectivity index (χ1v) is 7.00. The highest BCUT2D eigenvalue weighted by atomic mass is 16.5. The van der Waals surface area contributed by atoms with Gasteiger partial charge < -0.3 is 25.2 Å². The second-order valence-electron chi connectivity index (χ2n) is 4.98. The number of nitrogens with one attached hydrogen (secondary N) is 1. The lowest BCUT2D eigenvalue weighted by Crippen LogP contribution is -2.53. The minimum Gasteiger partial charge on any atom is -0.480 e. The van der Waals surface area contributed by atoms with Gasteiger partial charge in [-0.2, -0.15) is 0 Å². The van der Waals surface area contributed by atoms with Crippen LogP contribution in [0.1, 0.15) is 32.1 Å². The highest BCUT2D eigenvalue weighted by Gasteiger charge is 2.30. The van der Waals surface area contributed by atoms with Crippen LogP contribution in [0.5, 0.6) is 0 Å². The molecule has 0 bridgehead atoms. The zero-order chi connectivity index (χ0) is 15.0. The van der Waals surface area contributed by atoms with Crippen LogP contribution in [-0.4, -0.2) is 66.1 Å². The van der Waals surface area contributed by atoms with Gasteiger partial charge in [0.15, 0.2) is 0 Å². The first-order valence-electron chi connectivity index (χ1n) is 7.00. The molecule has 1 atom stereocenters. The number of urea groups is 1. The summed E-state index contributed by atoms with van der Waals surface area (Å²) in [5.74, 6) is -1.05. The van der Waals surface area contributed by atoms with Gasteiger partial charge in [0.05, 0.1) is 6.61 Å². The van der Waals surface area contributed by atoms with Crippen LogP contribution in [0.25, 0.3) is 0 Å². The fraction of sp³-hybridized carbons (Fsp3) is 0.846. The number of ether oxygens (including phenoxy) is 1. The number of nitrogens with zero attached hydrogens (tertiary/aromatic N) is 1. The Morgan fingerprint density at radius 1 is 1.45 bits per heavy atom. The van der Waals surface area contributed by atoms with Crippen molar-refractivity contribution in [2.45, 2.75) is 44.2 Å². The molecular weight excluding hydrogens is 264 g/mol. The third-order valence-corrected chi connectivity index (χ3v) is 3.55. The zero-order valence-corrected chi connectivity index (χ0v) is 11.9. The number of rotatable bonds is 9. The van der Waals surface area contributed by atoms with Crippen LogP contribution < -0.4 is 5.32 Å². The Hall–Kier alpha value is -1.34. The Kier molecular flexibility index (Phi) is 7.32. The van der Waals surface area contributed by atoms with Crippen LogP contribution in [0, 0.1) is 0 Å². The lowest BCUT2D eigenvalue weighted by molar-refractivity contribution is -0.139. The normalized spacial score (nSPS) is 16.3. The van der Waals surface area contributed by atoms with E-state index in [0.29, 0.717) is 19.4 Å². The van der Waals surface area contributed by atoms with E-state index in [1.807, 2.05) is 0 Å². The highest BCUT2D eigenvalue weighted by Crippen LogP contribution is 2.24. The molecule has 1 aliphatic carbocycles. The number of aliphatic hydroxyl groups is 1. The molecule has 1 unspecified atom stereocenters. The lowest BCUT2D eigenvalue weighted by atomic mass is 9.91. The van der Waals surface area contributed by atoms with Gasteiger partial charge >= 0.3 is 12.0 Å². The summed E-state index contributed by atoms with van der Waals surface area (Å²) in [7, 11) is 1.55. The molecular formula is C13H24N2O5. The summed E-state index contributed by atoms with van der Waals surface area (Å²) >= 11 is 0. The Morgan fingerprint density at radius 3 is 2.60 bits per heavy atom. The maximum Gasteiger partial charge on any atom is 0.326 e. The molecule has 1 rings (SSSR count). The lowest BCUT2D eigenvalue weighted by Gasteiger charge is -2.37. The first-order chi connectivity index (χ1) is 9.60. The molecule has 7 nitrogen and oxygen atoms in total. The van der Waals surface area contributed by atoms with Crippen molar-refractivity contribution < 1.29 is 24.5 Å². The van der Waals surface area contributed by atoms with Gasteiger partial charge in [-0.1, -0.05) is 0 Å². The van der Waals surface area contributed by atoms with Gasteiger partial charge in [0.1, 0.15) is 6.04 Å². The van der Waals surface area contributed by atoms with Gasteiger partial charge in [-0.25, -0.2) is 9.59 Å². The van der Waals surface area contributed by atoms with Crippen molar-refractivity contribution in [1.29, 1.82) is 0 Å². The van der Waals surface area contributed by atoms with Crippen molar-refractivity contribution in [2.75, 3.05) is 26.9 Å². The average Bonchev–Trinajstić information content (AvgIpc) is 2.34. The molecule has 0 aromatic carbocycles. The number of carbonyl (C=O) groups is 2. The van der Waals surface area contributed by atoms with Crippen LogP contribution in [0.3, 0.4) is 0 Å². The van der Waals surface area contributed by atoms with E-state index in [1.54, 1.807) is 7.11 Å². The van der Waals surface area contributed by atoms with Crippen molar-refractivity contribution in [3.05, 3.63) is 0 Å². The number of amides is 2. The van der Waals surface area contributed by atoms with Crippen LogP contribution in [0.15, 0.2) is 0 Å². The van der Waals surface area contributed by atoms with Crippen molar-refractivity contribution in [2.24, 2.45) is 0 Å². The standard InChI is InChI=1S/C13H24N2O5/c1-20-9-3-6-11(12(17)18)14-13(19)15(7-8-16)10-4-2-5-10/h10-11,16H,2-9H2,1H3,(H,14,19)(H,17,18). The topological polar surface area (TPSA) is 99.1 Å². The molecule has 0 aliphatic heterocycles. The molecule has 116 valence electrons. The summed E-state index contributed by atoms with van der Waals surface area (Å²) in [6.07, 6.45) is 3.78. The Morgan fingerprint density at radius 2 is 2.15 bits per heavy atom. The predicted molar refractivity (Wildman–Crippen MR) is 72.5 cm³/mol. The van der Waals surface area contributed by atoms with E-state index in [-0.39, 0.29) is 19.2 Å². The second-order valence-corrected chi connectivity index (χ2v) is 4.98. The molecule has 0 saturated heterocycles. The Labute approximate surface area is 118 Å². The van der Waals surface area contributed by atoms with Crippen LogP contribution in [-0.2, 0) is 9.53 Å². The molecule has 0 spiro atoms. The van der Waals surface area contributed by atoms with Gasteiger partial charge in [0, 0.05) is 26.3 Å². The molecule has 2 amide bonds. The quantitative estimate of drug-likeness (QED) is 0.534. The summed E-state index contributed by atoms with van der Waals surface area (Å²) in [5.41, 5.74) is 0. The van der Waals surface area contributed by atoms with Gasteiger partial charge in [-0.3, -0.25) is 0 Å². The zero-order valence-electron chi connectivity index (χ0n) is 11.9. The molecule has 1 fully saturated rings.